The van der Waals surface area contributed by atoms with Gasteiger partial charge in [-0.3, -0.25) is 4.79 Å². The molecule has 1 aromatic heterocycles. The third-order valence-corrected chi connectivity index (χ3v) is 2.66. The van der Waals surface area contributed by atoms with E-state index in [1.807, 2.05) is 0 Å². The van der Waals surface area contributed by atoms with Crippen LogP contribution in [0.2, 0.25) is 0 Å². The van der Waals surface area contributed by atoms with Gasteiger partial charge in [0.25, 0.3) is 5.91 Å². The van der Waals surface area contributed by atoms with Gasteiger partial charge in [-0.25, -0.2) is 4.39 Å². The molecule has 0 atom stereocenters. The van der Waals surface area contributed by atoms with Crippen LogP contribution in [0.15, 0.2) is 36.4 Å². The molecule has 0 bridgehead atoms. The second kappa shape index (κ2) is 5.43. The van der Waals surface area contributed by atoms with Crippen LogP contribution in [0.25, 0.3) is 0 Å². The molecule has 19 heavy (non-hydrogen) atoms. The molecule has 5 nitrogen and oxygen atoms in total. The fourth-order valence-electron chi connectivity index (χ4n) is 1.58. The highest BCUT2D eigenvalue weighted by atomic mass is 19.1. The first-order chi connectivity index (χ1) is 9.13. The molecule has 98 valence electrons. The molecule has 6 heteroatoms. The zero-order valence-electron chi connectivity index (χ0n) is 10.6. The van der Waals surface area contributed by atoms with E-state index < -0.39 is 11.7 Å². The summed E-state index contributed by atoms with van der Waals surface area (Å²) in [6.45, 7) is 0. The highest BCUT2D eigenvalue weighted by Crippen LogP contribution is 2.18. The maximum atomic E-state index is 13.6. The normalized spacial score (nSPS) is 10.1. The number of halogens is 1. The van der Waals surface area contributed by atoms with Crippen molar-refractivity contribution < 1.29 is 9.18 Å². The van der Waals surface area contributed by atoms with E-state index in [1.54, 1.807) is 31.3 Å². The number of aromatic nitrogens is 2. The summed E-state index contributed by atoms with van der Waals surface area (Å²) in [5.41, 5.74) is 0.358. The van der Waals surface area contributed by atoms with Gasteiger partial charge in [0.05, 0.1) is 5.69 Å². The fourth-order valence-corrected chi connectivity index (χ4v) is 1.58. The molecule has 0 aliphatic heterocycles. The molecule has 0 aliphatic rings. The number of nitrogens with one attached hydrogen (secondary N) is 1. The van der Waals surface area contributed by atoms with E-state index in [0.717, 1.165) is 0 Å². The number of amides is 1. The van der Waals surface area contributed by atoms with Gasteiger partial charge in [-0.05, 0) is 24.3 Å². The number of nitrogens with zero attached hydrogens (tertiary/aromatic N) is 3. The highest BCUT2D eigenvalue weighted by molar-refractivity contribution is 6.04. The van der Waals surface area contributed by atoms with Crippen molar-refractivity contribution in [2.45, 2.75) is 0 Å². The lowest BCUT2D eigenvalue weighted by molar-refractivity contribution is 0.0986. The molecule has 0 spiro atoms. The molecule has 1 amide bonds. The van der Waals surface area contributed by atoms with Crippen LogP contribution in [0.3, 0.4) is 0 Å². The maximum absolute atomic E-state index is 13.6. The molecule has 0 aliphatic carbocycles. The van der Waals surface area contributed by atoms with Crippen molar-refractivity contribution in [1.82, 2.24) is 10.2 Å². The van der Waals surface area contributed by atoms with Gasteiger partial charge in [0.2, 0.25) is 0 Å². The van der Waals surface area contributed by atoms with Crippen molar-refractivity contribution in [1.29, 1.82) is 0 Å². The molecule has 2 aromatic rings. The van der Waals surface area contributed by atoms with Crippen LogP contribution in [0.1, 0.15) is 10.5 Å². The van der Waals surface area contributed by atoms with Crippen LogP contribution in [0, 0.1) is 5.82 Å². The molecule has 1 heterocycles. The largest absolute Gasteiger partial charge is 0.372 e. The van der Waals surface area contributed by atoms with Crippen molar-refractivity contribution >= 4 is 17.4 Å². The molecule has 0 fully saturated rings. The quantitative estimate of drug-likeness (QED) is 0.916. The van der Waals surface area contributed by atoms with E-state index in [4.69, 9.17) is 0 Å². The minimum Gasteiger partial charge on any atom is -0.372 e. The second-order valence-corrected chi connectivity index (χ2v) is 3.87. The van der Waals surface area contributed by atoms with E-state index in [1.165, 1.54) is 24.1 Å². The monoisotopic (exact) mass is 260 g/mol. The summed E-state index contributed by atoms with van der Waals surface area (Å²) in [4.78, 5) is 13.3. The topological polar surface area (TPSA) is 58.1 Å². The number of anilines is 2. The summed E-state index contributed by atoms with van der Waals surface area (Å²) >= 11 is 0. The number of carbonyl (C=O) groups excluding carboxylic acids is 1. The average molecular weight is 260 g/mol. The minimum atomic E-state index is -0.460. The molecule has 0 unspecified atom stereocenters. The number of rotatable bonds is 3. The first-order valence-electron chi connectivity index (χ1n) is 5.67. The third-order valence-electron chi connectivity index (χ3n) is 2.66. The molecule has 0 radical (unpaired) electrons. The fraction of sp³-hybridized carbons (Fsp3) is 0.154. The minimum absolute atomic E-state index is 0.157. The van der Waals surface area contributed by atoms with Crippen molar-refractivity contribution in [3.8, 4) is 0 Å². The Morgan fingerprint density at radius 2 is 1.95 bits per heavy atom. The highest BCUT2D eigenvalue weighted by Gasteiger charge is 2.17. The van der Waals surface area contributed by atoms with Crippen LogP contribution >= 0.6 is 0 Å². The Morgan fingerprint density at radius 1 is 1.21 bits per heavy atom. The molecule has 1 aromatic carbocycles. The second-order valence-electron chi connectivity index (χ2n) is 3.87. The Balaban J connectivity index is 2.26. The number of benzene rings is 1. The van der Waals surface area contributed by atoms with Crippen LogP contribution in [0.4, 0.5) is 15.9 Å². The van der Waals surface area contributed by atoms with Gasteiger partial charge in [0.15, 0.2) is 5.69 Å². The summed E-state index contributed by atoms with van der Waals surface area (Å²) in [7, 11) is 3.20. The molecule has 0 saturated heterocycles. The standard InChI is InChI=1S/C13H13FN4O/c1-15-12-8-7-10(16-17-12)13(19)18(2)11-6-4-3-5-9(11)14/h3-8H,1-2H3,(H,15,17). The van der Waals surface area contributed by atoms with E-state index >= 15 is 0 Å². The first-order valence-corrected chi connectivity index (χ1v) is 5.67. The molecule has 0 saturated carbocycles. The molecule has 2 rings (SSSR count). The summed E-state index contributed by atoms with van der Waals surface area (Å²) in [6.07, 6.45) is 0. The summed E-state index contributed by atoms with van der Waals surface area (Å²) in [5.74, 6) is -0.316. The number of para-hydroxylation sites is 1. The smallest absolute Gasteiger partial charge is 0.278 e. The Labute approximate surface area is 110 Å². The SMILES string of the molecule is CNc1ccc(C(=O)N(C)c2ccccc2F)nn1. The van der Waals surface area contributed by atoms with Crippen LogP contribution in [-0.2, 0) is 0 Å². The van der Waals surface area contributed by atoms with Gasteiger partial charge in [-0.15, -0.1) is 10.2 Å². The average Bonchev–Trinajstić information content (AvgIpc) is 2.46. The summed E-state index contributed by atoms with van der Waals surface area (Å²) in [6, 6.07) is 9.24. The van der Waals surface area contributed by atoms with E-state index in [2.05, 4.69) is 15.5 Å². The third kappa shape index (κ3) is 2.67. The lowest BCUT2D eigenvalue weighted by Gasteiger charge is -2.17. The van der Waals surface area contributed by atoms with Crippen LogP contribution in [-0.4, -0.2) is 30.2 Å². The lowest BCUT2D eigenvalue weighted by atomic mass is 10.2. The van der Waals surface area contributed by atoms with Crippen molar-refractivity contribution in [2.24, 2.45) is 0 Å². The predicted molar refractivity (Wildman–Crippen MR) is 70.7 cm³/mol. The number of hydrogen-bond donors (Lipinski definition) is 1. The van der Waals surface area contributed by atoms with E-state index in [9.17, 15) is 9.18 Å². The van der Waals surface area contributed by atoms with Gasteiger partial charge < -0.3 is 10.2 Å². The predicted octanol–water partition coefficient (Wildman–Crippen LogP) is 1.93. The van der Waals surface area contributed by atoms with Crippen LogP contribution < -0.4 is 10.2 Å². The first kappa shape index (κ1) is 12.9. The van der Waals surface area contributed by atoms with Crippen molar-refractivity contribution in [2.75, 3.05) is 24.3 Å². The summed E-state index contributed by atoms with van der Waals surface area (Å²) < 4.78 is 13.6. The Morgan fingerprint density at radius 3 is 2.53 bits per heavy atom. The van der Waals surface area contributed by atoms with Crippen LogP contribution in [0.5, 0.6) is 0 Å². The van der Waals surface area contributed by atoms with Gasteiger partial charge in [-0.1, -0.05) is 12.1 Å². The zero-order chi connectivity index (χ0) is 13.8. The summed E-state index contributed by atoms with van der Waals surface area (Å²) in [5, 5.41) is 10.4. The number of hydrogen-bond acceptors (Lipinski definition) is 4. The van der Waals surface area contributed by atoms with E-state index in [0.29, 0.717) is 5.82 Å². The Hall–Kier alpha value is -2.50. The van der Waals surface area contributed by atoms with Gasteiger partial charge in [-0.2, -0.15) is 0 Å². The van der Waals surface area contributed by atoms with E-state index in [-0.39, 0.29) is 11.4 Å². The lowest BCUT2D eigenvalue weighted by Crippen LogP contribution is -2.28. The molecular weight excluding hydrogens is 247 g/mol. The van der Waals surface area contributed by atoms with Crippen molar-refractivity contribution in [3.05, 3.63) is 47.9 Å². The van der Waals surface area contributed by atoms with Crippen molar-refractivity contribution in [3.63, 3.8) is 0 Å². The number of carbonyl (C=O) groups is 1. The Bertz CT molecular complexity index is 585. The maximum Gasteiger partial charge on any atom is 0.278 e. The zero-order valence-corrected chi connectivity index (χ0v) is 10.6. The molecule has 1 N–H and O–H groups in total. The Kier molecular flexibility index (Phi) is 3.70. The molecular formula is C13H13FN4O. The van der Waals surface area contributed by atoms with Gasteiger partial charge >= 0.3 is 0 Å². The van der Waals surface area contributed by atoms with Gasteiger partial charge in [0.1, 0.15) is 11.6 Å². The van der Waals surface area contributed by atoms with Gasteiger partial charge in [0, 0.05) is 14.1 Å².